The second kappa shape index (κ2) is 14.4. The van der Waals surface area contributed by atoms with Crippen LogP contribution in [-0.4, -0.2) is 18.0 Å². The topological polar surface area (TPSA) is 3.24 Å². The van der Waals surface area contributed by atoms with E-state index in [4.69, 9.17) is 0 Å². The number of benzene rings is 1. The molecule has 25 heavy (non-hydrogen) atoms. The van der Waals surface area contributed by atoms with Crippen LogP contribution in [0.4, 0.5) is 0 Å². The maximum absolute atomic E-state index is 2.55. The van der Waals surface area contributed by atoms with Gasteiger partial charge in [0, 0.05) is 6.54 Å². The molecule has 1 aromatic carbocycles. The SMILES string of the molecule is CCCCCCC(CCCCCC)c1ccccc1CN(CC)CC. The molecule has 1 rings (SSSR count). The second-order valence-corrected chi connectivity index (χ2v) is 7.56. The Bertz CT molecular complexity index is 410. The van der Waals surface area contributed by atoms with Crippen LogP contribution in [0, 0.1) is 0 Å². The first kappa shape index (κ1) is 22.2. The number of unbranched alkanes of at least 4 members (excludes halogenated alkanes) is 6. The van der Waals surface area contributed by atoms with Gasteiger partial charge in [0.15, 0.2) is 0 Å². The van der Waals surface area contributed by atoms with Crippen LogP contribution in [0.5, 0.6) is 0 Å². The van der Waals surface area contributed by atoms with E-state index < -0.39 is 0 Å². The molecule has 0 N–H and O–H groups in total. The van der Waals surface area contributed by atoms with E-state index in [9.17, 15) is 0 Å². The molecule has 1 aromatic rings. The van der Waals surface area contributed by atoms with Crippen LogP contribution in [-0.2, 0) is 6.54 Å². The Morgan fingerprint density at radius 3 is 1.80 bits per heavy atom. The van der Waals surface area contributed by atoms with Gasteiger partial charge in [-0.25, -0.2) is 0 Å². The summed E-state index contributed by atoms with van der Waals surface area (Å²) in [5, 5.41) is 0. The van der Waals surface area contributed by atoms with Crippen molar-refractivity contribution in [3.8, 4) is 0 Å². The van der Waals surface area contributed by atoms with E-state index in [1.54, 1.807) is 11.1 Å². The normalized spacial score (nSPS) is 11.6. The Labute approximate surface area is 158 Å². The molecule has 1 nitrogen and oxygen atoms in total. The lowest BCUT2D eigenvalue weighted by molar-refractivity contribution is 0.294. The van der Waals surface area contributed by atoms with Crippen LogP contribution in [0.25, 0.3) is 0 Å². The standard InChI is InChI=1S/C24H43N/c1-5-9-11-13-17-22(18-14-12-10-6-2)24-20-16-15-19-23(24)21-25(7-3)8-4/h15-16,19-20,22H,5-14,17-18,21H2,1-4H3. The van der Waals surface area contributed by atoms with Crippen LogP contribution in [0.15, 0.2) is 24.3 Å². The van der Waals surface area contributed by atoms with E-state index in [1.165, 1.54) is 64.2 Å². The summed E-state index contributed by atoms with van der Waals surface area (Å²) in [7, 11) is 0. The second-order valence-electron chi connectivity index (χ2n) is 7.56. The number of rotatable bonds is 15. The van der Waals surface area contributed by atoms with Gasteiger partial charge in [-0.1, -0.05) is 103 Å². The quantitative estimate of drug-likeness (QED) is 0.296. The molecule has 144 valence electrons. The monoisotopic (exact) mass is 345 g/mol. The molecule has 0 saturated heterocycles. The van der Waals surface area contributed by atoms with Crippen LogP contribution in [0.2, 0.25) is 0 Å². The maximum Gasteiger partial charge on any atom is 0.0236 e. The summed E-state index contributed by atoms with van der Waals surface area (Å²) in [4.78, 5) is 2.55. The Kier molecular flexibility index (Phi) is 12.8. The number of nitrogens with zero attached hydrogens (tertiary/aromatic N) is 1. The molecule has 1 heteroatoms. The third kappa shape index (κ3) is 8.90. The van der Waals surface area contributed by atoms with Gasteiger partial charge in [-0.05, 0) is 43.0 Å². The Hall–Kier alpha value is -0.820. The summed E-state index contributed by atoms with van der Waals surface area (Å²) >= 11 is 0. The van der Waals surface area contributed by atoms with E-state index in [1.807, 2.05) is 0 Å². The highest BCUT2D eigenvalue weighted by Crippen LogP contribution is 2.31. The molecule has 0 aliphatic heterocycles. The van der Waals surface area contributed by atoms with Crippen molar-refractivity contribution in [3.63, 3.8) is 0 Å². The van der Waals surface area contributed by atoms with Gasteiger partial charge < -0.3 is 0 Å². The molecule has 0 aliphatic carbocycles. The average molecular weight is 346 g/mol. The van der Waals surface area contributed by atoms with Crippen LogP contribution in [0.3, 0.4) is 0 Å². The van der Waals surface area contributed by atoms with Crippen molar-refractivity contribution in [1.82, 2.24) is 4.90 Å². The van der Waals surface area contributed by atoms with E-state index in [-0.39, 0.29) is 0 Å². The van der Waals surface area contributed by atoms with E-state index in [0.29, 0.717) is 0 Å². The molecule has 0 bridgehead atoms. The fraction of sp³-hybridized carbons (Fsp3) is 0.750. The van der Waals surface area contributed by atoms with Crippen LogP contribution < -0.4 is 0 Å². The molecule has 0 aliphatic rings. The lowest BCUT2D eigenvalue weighted by Gasteiger charge is -2.24. The van der Waals surface area contributed by atoms with Gasteiger partial charge in [-0.15, -0.1) is 0 Å². The molecule has 0 unspecified atom stereocenters. The Morgan fingerprint density at radius 2 is 1.28 bits per heavy atom. The first-order valence-corrected chi connectivity index (χ1v) is 11.1. The van der Waals surface area contributed by atoms with Gasteiger partial charge in [0.25, 0.3) is 0 Å². The molecule has 0 radical (unpaired) electrons. The van der Waals surface area contributed by atoms with Gasteiger partial charge >= 0.3 is 0 Å². The molecular weight excluding hydrogens is 302 g/mol. The van der Waals surface area contributed by atoms with Crippen molar-refractivity contribution in [3.05, 3.63) is 35.4 Å². The minimum atomic E-state index is 0.764. The van der Waals surface area contributed by atoms with Crippen molar-refractivity contribution >= 4 is 0 Å². The highest BCUT2D eigenvalue weighted by Gasteiger charge is 2.16. The predicted molar refractivity (Wildman–Crippen MR) is 113 cm³/mol. The smallest absolute Gasteiger partial charge is 0.0236 e. The fourth-order valence-corrected chi connectivity index (χ4v) is 3.85. The summed E-state index contributed by atoms with van der Waals surface area (Å²) in [6.07, 6.45) is 13.8. The largest absolute Gasteiger partial charge is 0.300 e. The molecule has 0 heterocycles. The van der Waals surface area contributed by atoms with Crippen molar-refractivity contribution in [2.45, 2.75) is 104 Å². The lowest BCUT2D eigenvalue weighted by atomic mass is 9.85. The van der Waals surface area contributed by atoms with Crippen LogP contribution >= 0.6 is 0 Å². The third-order valence-electron chi connectivity index (χ3n) is 5.60. The van der Waals surface area contributed by atoms with E-state index in [2.05, 4.69) is 56.9 Å². The number of hydrogen-bond donors (Lipinski definition) is 0. The molecule has 0 saturated carbocycles. The van der Waals surface area contributed by atoms with Gasteiger partial charge in [0.2, 0.25) is 0 Å². The summed E-state index contributed by atoms with van der Waals surface area (Å²) in [6, 6.07) is 9.28. The zero-order valence-electron chi connectivity index (χ0n) is 17.5. The first-order valence-electron chi connectivity index (χ1n) is 11.1. The summed E-state index contributed by atoms with van der Waals surface area (Å²) in [6.45, 7) is 12.6. The van der Waals surface area contributed by atoms with Gasteiger partial charge in [-0.2, -0.15) is 0 Å². The zero-order valence-corrected chi connectivity index (χ0v) is 17.5. The predicted octanol–water partition coefficient (Wildman–Crippen LogP) is 7.55. The van der Waals surface area contributed by atoms with Crippen molar-refractivity contribution in [2.75, 3.05) is 13.1 Å². The van der Waals surface area contributed by atoms with Gasteiger partial charge in [-0.3, -0.25) is 4.90 Å². The van der Waals surface area contributed by atoms with Crippen LogP contribution in [0.1, 0.15) is 109 Å². The van der Waals surface area contributed by atoms with Crippen molar-refractivity contribution in [2.24, 2.45) is 0 Å². The minimum absolute atomic E-state index is 0.764. The third-order valence-corrected chi connectivity index (χ3v) is 5.60. The fourth-order valence-electron chi connectivity index (χ4n) is 3.85. The van der Waals surface area contributed by atoms with E-state index in [0.717, 1.165) is 25.6 Å². The molecule has 0 aromatic heterocycles. The summed E-state index contributed by atoms with van der Waals surface area (Å²) < 4.78 is 0. The highest BCUT2D eigenvalue weighted by atomic mass is 15.1. The Morgan fingerprint density at radius 1 is 0.720 bits per heavy atom. The average Bonchev–Trinajstić information content (AvgIpc) is 2.65. The number of hydrogen-bond acceptors (Lipinski definition) is 1. The maximum atomic E-state index is 2.55. The van der Waals surface area contributed by atoms with Gasteiger partial charge in [0.05, 0.1) is 0 Å². The van der Waals surface area contributed by atoms with Crippen molar-refractivity contribution < 1.29 is 0 Å². The molecule has 0 spiro atoms. The van der Waals surface area contributed by atoms with E-state index >= 15 is 0 Å². The molecular formula is C24H43N. The minimum Gasteiger partial charge on any atom is -0.300 e. The van der Waals surface area contributed by atoms with Gasteiger partial charge in [0.1, 0.15) is 0 Å². The molecule has 0 atom stereocenters. The van der Waals surface area contributed by atoms with Crippen molar-refractivity contribution in [1.29, 1.82) is 0 Å². The summed E-state index contributed by atoms with van der Waals surface area (Å²) in [5.74, 6) is 0.764. The Balaban J connectivity index is 2.79. The lowest BCUT2D eigenvalue weighted by Crippen LogP contribution is -2.23. The zero-order chi connectivity index (χ0) is 18.3. The molecule has 0 amide bonds. The first-order chi connectivity index (χ1) is 12.3. The highest BCUT2D eigenvalue weighted by molar-refractivity contribution is 5.30. The summed E-state index contributed by atoms with van der Waals surface area (Å²) in [5.41, 5.74) is 3.21. The molecule has 0 fully saturated rings.